The minimum Gasteiger partial charge on any atom is -0.350 e. The molecule has 1 saturated carbocycles. The van der Waals surface area contributed by atoms with E-state index >= 15 is 0 Å². The number of piperidine rings is 1. The number of hydrogen-bond acceptors (Lipinski definition) is 3. The molecule has 7 heteroatoms. The summed E-state index contributed by atoms with van der Waals surface area (Å²) in [6.45, 7) is 2.25. The van der Waals surface area contributed by atoms with E-state index < -0.39 is 6.17 Å². The van der Waals surface area contributed by atoms with E-state index in [4.69, 9.17) is 0 Å². The molecule has 0 unspecified atom stereocenters. The van der Waals surface area contributed by atoms with Crippen molar-refractivity contribution in [3.8, 4) is 0 Å². The zero-order chi connectivity index (χ0) is 18.9. The first-order chi connectivity index (χ1) is 13.1. The summed E-state index contributed by atoms with van der Waals surface area (Å²) < 4.78 is 14.6. The highest BCUT2D eigenvalue weighted by molar-refractivity contribution is 14.1. The predicted octanol–water partition coefficient (Wildman–Crippen LogP) is 4.03. The van der Waals surface area contributed by atoms with E-state index in [9.17, 15) is 9.18 Å². The van der Waals surface area contributed by atoms with Crippen molar-refractivity contribution in [2.75, 3.05) is 19.6 Å². The number of aromatic nitrogens is 2. The Balaban J connectivity index is 1.47. The number of rotatable bonds is 4. The van der Waals surface area contributed by atoms with Crippen molar-refractivity contribution in [1.29, 1.82) is 0 Å². The van der Waals surface area contributed by atoms with E-state index in [1.807, 2.05) is 18.2 Å². The topological polar surface area (TPSA) is 61.0 Å². The number of hydrogen-bond donors (Lipinski definition) is 2. The second kappa shape index (κ2) is 8.03. The van der Waals surface area contributed by atoms with Crippen LogP contribution in [0.25, 0.3) is 10.9 Å². The van der Waals surface area contributed by atoms with E-state index in [2.05, 4.69) is 43.0 Å². The summed E-state index contributed by atoms with van der Waals surface area (Å²) in [5.74, 6) is -0.0424. The van der Waals surface area contributed by atoms with Crippen LogP contribution >= 0.6 is 22.6 Å². The summed E-state index contributed by atoms with van der Waals surface area (Å²) in [5.41, 5.74) is 1.52. The van der Waals surface area contributed by atoms with Crippen LogP contribution in [0.5, 0.6) is 0 Å². The van der Waals surface area contributed by atoms with Crippen LogP contribution in [0.15, 0.2) is 18.2 Å². The molecule has 0 spiro atoms. The van der Waals surface area contributed by atoms with Crippen LogP contribution in [0.3, 0.4) is 0 Å². The molecule has 1 amide bonds. The molecule has 0 bridgehead atoms. The van der Waals surface area contributed by atoms with Gasteiger partial charge in [0.2, 0.25) is 0 Å². The van der Waals surface area contributed by atoms with Gasteiger partial charge in [-0.25, -0.2) is 4.39 Å². The molecule has 1 aromatic carbocycles. The average molecular weight is 484 g/mol. The minimum atomic E-state index is -0.666. The molecule has 1 aliphatic heterocycles. The van der Waals surface area contributed by atoms with Crippen molar-refractivity contribution in [1.82, 2.24) is 20.4 Å². The maximum atomic E-state index is 13.6. The van der Waals surface area contributed by atoms with Crippen molar-refractivity contribution in [2.45, 2.75) is 56.7 Å². The number of fused-ring (bicyclic) bond motifs is 1. The Hall–Kier alpha value is -1.22. The predicted molar refractivity (Wildman–Crippen MR) is 113 cm³/mol. The summed E-state index contributed by atoms with van der Waals surface area (Å²) in [6, 6.07) is 5.61. The molecule has 2 aliphatic rings. The van der Waals surface area contributed by atoms with Gasteiger partial charge in [0.05, 0.1) is 5.52 Å². The van der Waals surface area contributed by atoms with Crippen LogP contribution in [0.2, 0.25) is 0 Å². The lowest BCUT2D eigenvalue weighted by Gasteiger charge is -2.48. The molecular formula is C20H26FIN4O. The summed E-state index contributed by atoms with van der Waals surface area (Å²) in [7, 11) is 0. The first kappa shape index (κ1) is 19.1. The molecule has 2 aromatic rings. The number of carbonyl (C=O) groups is 1. The van der Waals surface area contributed by atoms with Crippen LogP contribution in [0.4, 0.5) is 4.39 Å². The van der Waals surface area contributed by atoms with Gasteiger partial charge >= 0.3 is 0 Å². The SMILES string of the molecule is O=C(NCC1(N2CCC(F)CC2)CCCCC1)c1ccc2n[nH]c(I)c2c1. The standard InChI is InChI=1S/C20H26FIN4O/c21-15-6-10-26(11-7-15)20(8-2-1-3-9-20)13-23-19(27)14-4-5-17-16(12-14)18(22)25-24-17/h4-5,12,15H,1-3,6-11,13H2,(H,23,27)(H,24,25). The van der Waals surface area contributed by atoms with Crippen molar-refractivity contribution >= 4 is 39.4 Å². The number of nitrogens with one attached hydrogen (secondary N) is 2. The highest BCUT2D eigenvalue weighted by Crippen LogP contribution is 2.35. The average Bonchev–Trinajstić information content (AvgIpc) is 3.08. The molecule has 1 aromatic heterocycles. The molecule has 146 valence electrons. The fourth-order valence-electron chi connectivity index (χ4n) is 4.60. The fourth-order valence-corrected chi connectivity index (χ4v) is 5.16. The van der Waals surface area contributed by atoms with Gasteiger partial charge in [0.1, 0.15) is 9.87 Å². The van der Waals surface area contributed by atoms with Crippen molar-refractivity contribution in [2.24, 2.45) is 0 Å². The normalized spacial score (nSPS) is 21.4. The first-order valence-electron chi connectivity index (χ1n) is 9.88. The summed E-state index contributed by atoms with van der Waals surface area (Å²) >= 11 is 2.20. The lowest BCUT2D eigenvalue weighted by atomic mass is 9.79. The van der Waals surface area contributed by atoms with Crippen LogP contribution in [-0.4, -0.2) is 52.3 Å². The number of carbonyl (C=O) groups excluding carboxylic acids is 1. The maximum absolute atomic E-state index is 13.6. The zero-order valence-corrected chi connectivity index (χ0v) is 17.6. The van der Waals surface area contributed by atoms with Gasteiger partial charge in [0, 0.05) is 36.1 Å². The summed E-state index contributed by atoms with van der Waals surface area (Å²) in [6.07, 6.45) is 6.36. The number of likely N-dealkylation sites (tertiary alicyclic amines) is 1. The van der Waals surface area contributed by atoms with Crippen LogP contribution < -0.4 is 5.32 Å². The van der Waals surface area contributed by atoms with Crippen LogP contribution in [0.1, 0.15) is 55.3 Å². The molecule has 2 N–H and O–H groups in total. The quantitative estimate of drug-likeness (QED) is 0.645. The largest absolute Gasteiger partial charge is 0.350 e. The number of halogens is 2. The number of nitrogens with zero attached hydrogens (tertiary/aromatic N) is 2. The Morgan fingerprint density at radius 2 is 2.04 bits per heavy atom. The highest BCUT2D eigenvalue weighted by Gasteiger charge is 2.39. The van der Waals surface area contributed by atoms with E-state index in [-0.39, 0.29) is 11.4 Å². The van der Waals surface area contributed by atoms with Gasteiger partial charge in [-0.05, 0) is 66.5 Å². The molecule has 0 atom stereocenters. The van der Waals surface area contributed by atoms with Gasteiger partial charge in [-0.2, -0.15) is 5.10 Å². The van der Waals surface area contributed by atoms with E-state index in [0.29, 0.717) is 24.9 Å². The third-order valence-corrected chi connectivity index (χ3v) is 7.05. The van der Waals surface area contributed by atoms with Crippen molar-refractivity contribution < 1.29 is 9.18 Å². The second-order valence-corrected chi connectivity index (χ2v) is 8.98. The number of alkyl halides is 1. The van der Waals surface area contributed by atoms with Gasteiger partial charge in [0.25, 0.3) is 5.91 Å². The highest BCUT2D eigenvalue weighted by atomic mass is 127. The van der Waals surface area contributed by atoms with Crippen molar-refractivity contribution in [3.63, 3.8) is 0 Å². The van der Waals surface area contributed by atoms with E-state index in [1.54, 1.807) is 0 Å². The molecule has 27 heavy (non-hydrogen) atoms. The molecule has 1 saturated heterocycles. The van der Waals surface area contributed by atoms with E-state index in [1.165, 1.54) is 19.3 Å². The summed E-state index contributed by atoms with van der Waals surface area (Å²) in [4.78, 5) is 15.3. The maximum Gasteiger partial charge on any atom is 0.251 e. The third-order valence-electron chi connectivity index (χ3n) is 6.23. The molecule has 2 fully saturated rings. The fraction of sp³-hybridized carbons (Fsp3) is 0.600. The Morgan fingerprint density at radius 1 is 1.30 bits per heavy atom. The summed E-state index contributed by atoms with van der Waals surface area (Å²) in [5, 5.41) is 11.3. The molecule has 2 heterocycles. The monoisotopic (exact) mass is 484 g/mol. The Labute approximate surface area is 172 Å². The molecular weight excluding hydrogens is 458 g/mol. The minimum absolute atomic E-state index is 0.0117. The van der Waals surface area contributed by atoms with E-state index in [0.717, 1.165) is 40.5 Å². The Kier molecular flexibility index (Phi) is 5.68. The molecule has 4 rings (SSSR count). The Morgan fingerprint density at radius 3 is 2.78 bits per heavy atom. The third kappa shape index (κ3) is 3.99. The molecule has 0 radical (unpaired) electrons. The van der Waals surface area contributed by atoms with Crippen LogP contribution in [-0.2, 0) is 0 Å². The lowest BCUT2D eigenvalue weighted by molar-refractivity contribution is 0.0146. The van der Waals surface area contributed by atoms with Gasteiger partial charge in [-0.3, -0.25) is 14.8 Å². The second-order valence-electron chi connectivity index (χ2n) is 7.90. The van der Waals surface area contributed by atoms with Gasteiger partial charge in [0.15, 0.2) is 0 Å². The number of benzene rings is 1. The number of H-pyrrole nitrogens is 1. The Bertz CT molecular complexity index is 809. The molecule has 1 aliphatic carbocycles. The van der Waals surface area contributed by atoms with Crippen molar-refractivity contribution in [3.05, 3.63) is 27.5 Å². The van der Waals surface area contributed by atoms with Crippen LogP contribution in [0, 0.1) is 3.70 Å². The number of aromatic amines is 1. The van der Waals surface area contributed by atoms with Gasteiger partial charge in [-0.1, -0.05) is 19.3 Å². The smallest absolute Gasteiger partial charge is 0.251 e. The number of amides is 1. The first-order valence-corrected chi connectivity index (χ1v) is 11.0. The lowest BCUT2D eigenvalue weighted by Crippen LogP contribution is -2.58. The molecule has 5 nitrogen and oxygen atoms in total. The van der Waals surface area contributed by atoms with Gasteiger partial charge in [-0.15, -0.1) is 0 Å². The van der Waals surface area contributed by atoms with Gasteiger partial charge < -0.3 is 5.32 Å². The zero-order valence-electron chi connectivity index (χ0n) is 15.4.